The van der Waals surface area contributed by atoms with E-state index >= 15 is 0 Å². The zero-order valence-corrected chi connectivity index (χ0v) is 7.18. The van der Waals surface area contributed by atoms with Crippen LogP contribution in [0.1, 0.15) is 13.8 Å². The quantitative estimate of drug-likeness (QED) is 0.616. The van der Waals surface area contributed by atoms with Crippen molar-refractivity contribution in [2.75, 3.05) is 7.05 Å². The fourth-order valence-corrected chi connectivity index (χ4v) is 0.597. The smallest absolute Gasteiger partial charge is 0.250 e. The van der Waals surface area contributed by atoms with Gasteiger partial charge < -0.3 is 5.32 Å². The maximum atomic E-state index is 10.6. The van der Waals surface area contributed by atoms with Crippen LogP contribution in [0.2, 0.25) is 0 Å². The highest BCUT2D eigenvalue weighted by atomic mass is 35.7. The molecular weight excluding hydrogens is 162 g/mol. The summed E-state index contributed by atoms with van der Waals surface area (Å²) in [4.78, 5) is -1.03. The maximum Gasteiger partial charge on any atom is 0.250 e. The fraction of sp³-hybridized carbons (Fsp3) is 1.00. The lowest BCUT2D eigenvalue weighted by molar-refractivity contribution is 0.523. The fourth-order valence-electron chi connectivity index (χ4n) is 0.122. The van der Waals surface area contributed by atoms with E-state index in [-0.39, 0.29) is 0 Å². The molecule has 0 unspecified atom stereocenters. The molecule has 3 nitrogen and oxygen atoms in total. The Morgan fingerprint density at radius 3 is 1.78 bits per heavy atom. The van der Waals surface area contributed by atoms with Gasteiger partial charge in [-0.3, -0.25) is 0 Å². The lowest BCUT2D eigenvalue weighted by Crippen LogP contribution is -2.41. The molecule has 56 valence electrons. The summed E-state index contributed by atoms with van der Waals surface area (Å²) in [7, 11) is 3.08. The number of rotatable bonds is 2. The Balaban J connectivity index is 4.56. The average Bonchev–Trinajstić information content (AvgIpc) is 1.64. The topological polar surface area (TPSA) is 46.2 Å². The Bertz CT molecular complexity index is 185. The third kappa shape index (κ3) is 2.12. The molecule has 0 aromatic heterocycles. The minimum atomic E-state index is -3.49. The van der Waals surface area contributed by atoms with Crippen molar-refractivity contribution in [3.05, 3.63) is 0 Å². The van der Waals surface area contributed by atoms with E-state index in [1.165, 1.54) is 13.8 Å². The first-order chi connectivity index (χ1) is 3.81. The van der Waals surface area contributed by atoms with Gasteiger partial charge in [-0.05, 0) is 20.9 Å². The molecule has 0 radical (unpaired) electrons. The van der Waals surface area contributed by atoms with Gasteiger partial charge in [-0.15, -0.1) is 0 Å². The second-order valence-corrected chi connectivity index (χ2v) is 5.31. The van der Waals surface area contributed by atoms with Crippen molar-refractivity contribution in [3.8, 4) is 0 Å². The van der Waals surface area contributed by atoms with Gasteiger partial charge in [0.05, 0.1) is 0 Å². The Hall–Kier alpha value is 0.200. The van der Waals surface area contributed by atoms with Crippen LogP contribution in [-0.2, 0) is 9.05 Å². The molecule has 0 aliphatic heterocycles. The predicted octanol–water partition coefficient (Wildman–Crippen LogP) is 0.510. The van der Waals surface area contributed by atoms with Gasteiger partial charge in [0.15, 0.2) is 0 Å². The van der Waals surface area contributed by atoms with Crippen LogP contribution in [0.4, 0.5) is 0 Å². The summed E-state index contributed by atoms with van der Waals surface area (Å²) in [6, 6.07) is 0. The molecule has 0 saturated heterocycles. The zero-order chi connectivity index (χ0) is 7.71. The molecular formula is C4H10ClNO2S. The highest BCUT2D eigenvalue weighted by Gasteiger charge is 2.29. The molecule has 0 saturated carbocycles. The summed E-state index contributed by atoms with van der Waals surface area (Å²) >= 11 is 0. The molecule has 0 amide bonds. The summed E-state index contributed by atoms with van der Waals surface area (Å²) < 4.78 is 21.2. The van der Waals surface area contributed by atoms with Crippen LogP contribution >= 0.6 is 10.7 Å². The van der Waals surface area contributed by atoms with Gasteiger partial charge in [-0.25, -0.2) is 8.42 Å². The van der Waals surface area contributed by atoms with Gasteiger partial charge in [0.2, 0.25) is 0 Å². The van der Waals surface area contributed by atoms with Crippen LogP contribution in [-0.4, -0.2) is 20.3 Å². The Kier molecular flexibility index (Phi) is 2.49. The lowest BCUT2D eigenvalue weighted by Gasteiger charge is -2.18. The molecule has 9 heavy (non-hydrogen) atoms. The van der Waals surface area contributed by atoms with Crippen LogP contribution in [0, 0.1) is 0 Å². The van der Waals surface area contributed by atoms with E-state index in [1.54, 1.807) is 7.05 Å². The van der Waals surface area contributed by atoms with Crippen molar-refractivity contribution >= 4 is 19.7 Å². The first-order valence-corrected chi connectivity index (χ1v) is 4.75. The first-order valence-electron chi connectivity index (χ1n) is 2.44. The van der Waals surface area contributed by atoms with Gasteiger partial charge in [-0.1, -0.05) is 0 Å². The van der Waals surface area contributed by atoms with Crippen molar-refractivity contribution in [1.82, 2.24) is 5.32 Å². The van der Waals surface area contributed by atoms with E-state index in [2.05, 4.69) is 5.32 Å². The highest BCUT2D eigenvalue weighted by molar-refractivity contribution is 8.14. The van der Waals surface area contributed by atoms with E-state index < -0.39 is 13.9 Å². The Morgan fingerprint density at radius 1 is 1.44 bits per heavy atom. The summed E-state index contributed by atoms with van der Waals surface area (Å²) in [5.41, 5.74) is 0. The largest absolute Gasteiger partial charge is 0.301 e. The van der Waals surface area contributed by atoms with Gasteiger partial charge in [0.25, 0.3) is 9.05 Å². The van der Waals surface area contributed by atoms with Crippen LogP contribution in [0.5, 0.6) is 0 Å². The maximum absolute atomic E-state index is 10.6. The van der Waals surface area contributed by atoms with E-state index in [4.69, 9.17) is 10.7 Å². The zero-order valence-electron chi connectivity index (χ0n) is 5.60. The van der Waals surface area contributed by atoms with Crippen LogP contribution in [0.25, 0.3) is 0 Å². The van der Waals surface area contributed by atoms with Crippen LogP contribution < -0.4 is 5.32 Å². The van der Waals surface area contributed by atoms with Gasteiger partial charge in [0.1, 0.15) is 4.87 Å². The van der Waals surface area contributed by atoms with Gasteiger partial charge >= 0.3 is 0 Å². The van der Waals surface area contributed by atoms with Gasteiger partial charge in [-0.2, -0.15) is 0 Å². The molecule has 0 aromatic carbocycles. The Labute approximate surface area is 59.8 Å². The van der Waals surface area contributed by atoms with E-state index in [9.17, 15) is 8.42 Å². The lowest BCUT2D eigenvalue weighted by atomic mass is 10.4. The monoisotopic (exact) mass is 171 g/mol. The third-order valence-corrected chi connectivity index (χ3v) is 3.79. The first kappa shape index (κ1) is 9.20. The second kappa shape index (κ2) is 2.44. The minimum absolute atomic E-state index is 1.03. The molecule has 0 heterocycles. The van der Waals surface area contributed by atoms with Crippen molar-refractivity contribution in [2.24, 2.45) is 0 Å². The van der Waals surface area contributed by atoms with Crippen molar-refractivity contribution in [3.63, 3.8) is 0 Å². The normalized spacial score (nSPS) is 13.8. The molecule has 0 rings (SSSR count). The second-order valence-electron chi connectivity index (χ2n) is 2.20. The van der Waals surface area contributed by atoms with Crippen molar-refractivity contribution < 1.29 is 8.42 Å². The average molecular weight is 172 g/mol. The van der Waals surface area contributed by atoms with E-state index in [0.717, 1.165) is 0 Å². The molecule has 0 aliphatic rings. The van der Waals surface area contributed by atoms with E-state index in [0.29, 0.717) is 0 Å². The standard InChI is InChI=1S/C4H10ClNO2S/c1-4(2,6-3)9(5,7)8/h6H,1-3H3. The number of hydrogen-bond donors (Lipinski definition) is 1. The number of nitrogens with one attached hydrogen (secondary N) is 1. The van der Waals surface area contributed by atoms with Crippen LogP contribution in [0.3, 0.4) is 0 Å². The number of hydrogen-bond acceptors (Lipinski definition) is 3. The molecule has 0 bridgehead atoms. The summed E-state index contributed by atoms with van der Waals surface area (Å²) in [5.74, 6) is 0. The summed E-state index contributed by atoms with van der Waals surface area (Å²) in [6.07, 6.45) is 0. The van der Waals surface area contributed by atoms with Crippen molar-refractivity contribution in [2.45, 2.75) is 18.7 Å². The molecule has 0 aliphatic carbocycles. The molecule has 0 atom stereocenters. The number of halogens is 1. The molecule has 5 heteroatoms. The third-order valence-electron chi connectivity index (χ3n) is 1.21. The summed E-state index contributed by atoms with van der Waals surface area (Å²) in [5, 5.41) is 2.56. The molecule has 0 fully saturated rings. The SMILES string of the molecule is CNC(C)(C)S(=O)(=O)Cl. The van der Waals surface area contributed by atoms with Crippen molar-refractivity contribution in [1.29, 1.82) is 0 Å². The highest BCUT2D eigenvalue weighted by Crippen LogP contribution is 2.15. The van der Waals surface area contributed by atoms with Gasteiger partial charge in [0, 0.05) is 10.7 Å². The molecule has 0 aromatic rings. The molecule has 0 spiro atoms. The Morgan fingerprint density at radius 2 is 1.78 bits per heavy atom. The molecule has 1 N–H and O–H groups in total. The minimum Gasteiger partial charge on any atom is -0.301 e. The predicted molar refractivity (Wildman–Crippen MR) is 37.9 cm³/mol. The summed E-state index contributed by atoms with van der Waals surface area (Å²) in [6.45, 7) is 2.99. The van der Waals surface area contributed by atoms with E-state index in [1.807, 2.05) is 0 Å². The van der Waals surface area contributed by atoms with Crippen LogP contribution in [0.15, 0.2) is 0 Å².